The van der Waals surface area contributed by atoms with Crippen molar-refractivity contribution in [2.75, 3.05) is 19.0 Å². The van der Waals surface area contributed by atoms with Gasteiger partial charge in [-0.25, -0.2) is 0 Å². The Morgan fingerprint density at radius 3 is 2.17 bits per heavy atom. The van der Waals surface area contributed by atoms with Crippen molar-refractivity contribution < 1.29 is 14.3 Å². The molecule has 0 bridgehead atoms. The second kappa shape index (κ2) is 10.8. The third kappa shape index (κ3) is 6.48. The van der Waals surface area contributed by atoms with Crippen LogP contribution in [0.3, 0.4) is 0 Å². The predicted molar refractivity (Wildman–Crippen MR) is 119 cm³/mol. The fourth-order valence-corrected chi connectivity index (χ4v) is 3.19. The molecule has 5 heteroatoms. The molecule has 0 aliphatic rings. The number of carbonyl (C=O) groups excluding carboxylic acids is 2. The fraction of sp³-hybridized carbons (Fsp3) is 0.200. The van der Waals surface area contributed by atoms with Crippen molar-refractivity contribution in [3.8, 4) is 5.75 Å². The highest BCUT2D eigenvalue weighted by Crippen LogP contribution is 2.25. The molecule has 0 radical (unpaired) electrons. The first kappa shape index (κ1) is 21.1. The lowest BCUT2D eigenvalue weighted by Gasteiger charge is -2.12. The Labute approximate surface area is 177 Å². The summed E-state index contributed by atoms with van der Waals surface area (Å²) in [6, 6.07) is 25.2. The average Bonchev–Trinajstić information content (AvgIpc) is 2.75. The summed E-state index contributed by atoms with van der Waals surface area (Å²) < 4.78 is 5.46. The van der Waals surface area contributed by atoms with Crippen LogP contribution in [-0.4, -0.2) is 25.5 Å². The molecule has 0 aliphatic carbocycles. The average molecular weight is 402 g/mol. The summed E-state index contributed by atoms with van der Waals surface area (Å²) in [5.74, 6) is 0.541. The van der Waals surface area contributed by atoms with Crippen molar-refractivity contribution in [3.05, 3.63) is 95.6 Å². The minimum absolute atomic E-state index is 0.0939. The number of rotatable bonds is 9. The number of hydrogen-bond donors (Lipinski definition) is 2. The number of carbonyl (C=O) groups is 2. The van der Waals surface area contributed by atoms with Gasteiger partial charge >= 0.3 is 0 Å². The SMILES string of the molecule is COc1ccc(NC(=O)CCNC(=O)Cc2ccccc2)cc1Cc1ccccc1. The van der Waals surface area contributed by atoms with Crippen LogP contribution in [0.5, 0.6) is 5.75 Å². The van der Waals surface area contributed by atoms with E-state index in [4.69, 9.17) is 4.74 Å². The Morgan fingerprint density at radius 1 is 0.833 bits per heavy atom. The first-order chi connectivity index (χ1) is 14.6. The zero-order valence-corrected chi connectivity index (χ0v) is 17.1. The monoisotopic (exact) mass is 402 g/mol. The van der Waals surface area contributed by atoms with Crippen LogP contribution in [0.4, 0.5) is 5.69 Å². The van der Waals surface area contributed by atoms with E-state index in [-0.39, 0.29) is 18.2 Å². The maximum atomic E-state index is 12.3. The van der Waals surface area contributed by atoms with Crippen LogP contribution < -0.4 is 15.4 Å². The highest BCUT2D eigenvalue weighted by Gasteiger charge is 2.09. The van der Waals surface area contributed by atoms with Crippen LogP contribution in [0.2, 0.25) is 0 Å². The number of nitrogens with one attached hydrogen (secondary N) is 2. The van der Waals surface area contributed by atoms with Crippen LogP contribution in [0.25, 0.3) is 0 Å². The normalized spacial score (nSPS) is 10.3. The van der Waals surface area contributed by atoms with Gasteiger partial charge in [0.25, 0.3) is 0 Å². The number of anilines is 1. The summed E-state index contributed by atoms with van der Waals surface area (Å²) in [6.07, 6.45) is 1.23. The zero-order chi connectivity index (χ0) is 21.2. The smallest absolute Gasteiger partial charge is 0.226 e. The highest BCUT2D eigenvalue weighted by molar-refractivity contribution is 5.91. The lowest BCUT2D eigenvalue weighted by molar-refractivity contribution is -0.120. The molecule has 5 nitrogen and oxygen atoms in total. The molecule has 154 valence electrons. The number of ether oxygens (including phenoxy) is 1. The number of hydrogen-bond acceptors (Lipinski definition) is 3. The largest absolute Gasteiger partial charge is 0.496 e. The molecule has 0 heterocycles. The molecule has 0 fully saturated rings. The molecule has 3 aromatic rings. The number of methoxy groups -OCH3 is 1. The summed E-state index contributed by atoms with van der Waals surface area (Å²) in [5, 5.41) is 5.69. The van der Waals surface area contributed by atoms with E-state index in [2.05, 4.69) is 22.8 Å². The van der Waals surface area contributed by atoms with Crippen molar-refractivity contribution in [2.45, 2.75) is 19.3 Å². The van der Waals surface area contributed by atoms with Gasteiger partial charge in [-0.15, -0.1) is 0 Å². The predicted octanol–water partition coefficient (Wildman–Crippen LogP) is 3.97. The molecule has 0 spiro atoms. The molecule has 0 aliphatic heterocycles. The van der Waals surface area contributed by atoms with E-state index in [0.29, 0.717) is 25.1 Å². The van der Waals surface area contributed by atoms with E-state index in [1.165, 1.54) is 5.56 Å². The Hall–Kier alpha value is -3.60. The molecule has 0 saturated heterocycles. The second-order valence-electron chi connectivity index (χ2n) is 7.00. The summed E-state index contributed by atoms with van der Waals surface area (Å²) in [7, 11) is 1.64. The Morgan fingerprint density at radius 2 is 1.50 bits per heavy atom. The van der Waals surface area contributed by atoms with Gasteiger partial charge in [-0.1, -0.05) is 60.7 Å². The standard InChI is InChI=1S/C25H26N2O3/c1-30-23-13-12-22(18-21(23)16-19-8-4-2-5-9-19)27-24(28)14-15-26-25(29)17-20-10-6-3-7-11-20/h2-13,18H,14-17H2,1H3,(H,26,29)(H,27,28). The Bertz CT molecular complexity index is 972. The van der Waals surface area contributed by atoms with E-state index < -0.39 is 0 Å². The fourth-order valence-electron chi connectivity index (χ4n) is 3.19. The lowest BCUT2D eigenvalue weighted by Crippen LogP contribution is -2.28. The molecular weight excluding hydrogens is 376 g/mol. The number of benzene rings is 3. The van der Waals surface area contributed by atoms with Gasteiger partial charge in [-0.2, -0.15) is 0 Å². The van der Waals surface area contributed by atoms with Gasteiger partial charge in [0, 0.05) is 30.6 Å². The van der Waals surface area contributed by atoms with Crippen LogP contribution in [-0.2, 0) is 22.4 Å². The minimum Gasteiger partial charge on any atom is -0.496 e. The molecule has 30 heavy (non-hydrogen) atoms. The van der Waals surface area contributed by atoms with Gasteiger partial charge < -0.3 is 15.4 Å². The van der Waals surface area contributed by atoms with Gasteiger partial charge in [-0.05, 0) is 29.3 Å². The summed E-state index contributed by atoms with van der Waals surface area (Å²) in [5.41, 5.74) is 3.82. The van der Waals surface area contributed by atoms with Crippen molar-refractivity contribution in [1.82, 2.24) is 5.32 Å². The van der Waals surface area contributed by atoms with Crippen LogP contribution in [0.15, 0.2) is 78.9 Å². The number of amides is 2. The minimum atomic E-state index is -0.147. The van der Waals surface area contributed by atoms with Crippen LogP contribution >= 0.6 is 0 Å². The molecule has 0 unspecified atom stereocenters. The topological polar surface area (TPSA) is 67.4 Å². The van der Waals surface area contributed by atoms with Crippen molar-refractivity contribution in [2.24, 2.45) is 0 Å². The molecule has 3 aromatic carbocycles. The van der Waals surface area contributed by atoms with Gasteiger partial charge in [0.15, 0.2) is 0 Å². The summed E-state index contributed by atoms with van der Waals surface area (Å²) in [6.45, 7) is 0.296. The summed E-state index contributed by atoms with van der Waals surface area (Å²) >= 11 is 0. The molecule has 0 atom stereocenters. The van der Waals surface area contributed by atoms with Crippen molar-refractivity contribution in [1.29, 1.82) is 0 Å². The maximum Gasteiger partial charge on any atom is 0.226 e. The van der Waals surface area contributed by atoms with Gasteiger partial charge in [-0.3, -0.25) is 9.59 Å². The van der Waals surface area contributed by atoms with E-state index in [1.807, 2.05) is 66.7 Å². The molecule has 0 aromatic heterocycles. The first-order valence-corrected chi connectivity index (χ1v) is 9.95. The Balaban J connectivity index is 1.51. The molecule has 3 rings (SSSR count). The molecule has 2 amide bonds. The molecule has 0 saturated carbocycles. The maximum absolute atomic E-state index is 12.3. The quantitative estimate of drug-likeness (QED) is 0.569. The first-order valence-electron chi connectivity index (χ1n) is 9.95. The van der Waals surface area contributed by atoms with Crippen LogP contribution in [0, 0.1) is 0 Å². The third-order valence-electron chi connectivity index (χ3n) is 4.68. The van der Waals surface area contributed by atoms with E-state index in [1.54, 1.807) is 7.11 Å². The van der Waals surface area contributed by atoms with E-state index in [0.717, 1.165) is 16.9 Å². The Kier molecular flexibility index (Phi) is 7.61. The van der Waals surface area contributed by atoms with Crippen LogP contribution in [0.1, 0.15) is 23.1 Å². The van der Waals surface area contributed by atoms with E-state index in [9.17, 15) is 9.59 Å². The third-order valence-corrected chi connectivity index (χ3v) is 4.68. The van der Waals surface area contributed by atoms with Crippen molar-refractivity contribution >= 4 is 17.5 Å². The van der Waals surface area contributed by atoms with Crippen molar-refractivity contribution in [3.63, 3.8) is 0 Å². The van der Waals surface area contributed by atoms with Gasteiger partial charge in [0.1, 0.15) is 5.75 Å². The highest BCUT2D eigenvalue weighted by atomic mass is 16.5. The zero-order valence-electron chi connectivity index (χ0n) is 17.1. The van der Waals surface area contributed by atoms with Gasteiger partial charge in [0.05, 0.1) is 13.5 Å². The van der Waals surface area contributed by atoms with Gasteiger partial charge in [0.2, 0.25) is 11.8 Å². The molecule has 2 N–H and O–H groups in total. The second-order valence-corrected chi connectivity index (χ2v) is 7.00. The van der Waals surface area contributed by atoms with E-state index >= 15 is 0 Å². The lowest BCUT2D eigenvalue weighted by atomic mass is 10.0. The molecular formula is C25H26N2O3. The summed E-state index contributed by atoms with van der Waals surface area (Å²) in [4.78, 5) is 24.3.